The molecule has 4 rings (SSSR count). The van der Waals surface area contributed by atoms with Crippen LogP contribution in [0.1, 0.15) is 44.0 Å². The van der Waals surface area contributed by atoms with Crippen LogP contribution in [0.3, 0.4) is 0 Å². The summed E-state index contributed by atoms with van der Waals surface area (Å²) in [4.78, 5) is 45.1. The van der Waals surface area contributed by atoms with Gasteiger partial charge in [0.2, 0.25) is 5.91 Å². The zero-order valence-electron chi connectivity index (χ0n) is 21.1. The van der Waals surface area contributed by atoms with Crippen molar-refractivity contribution in [3.05, 3.63) is 44.1 Å². The van der Waals surface area contributed by atoms with Gasteiger partial charge in [0.1, 0.15) is 4.70 Å². The summed E-state index contributed by atoms with van der Waals surface area (Å²) >= 11 is 8.09. The molecule has 0 saturated carbocycles. The van der Waals surface area contributed by atoms with Gasteiger partial charge in [-0.25, -0.2) is 9.78 Å². The molecular formula is C25H30N4O5S3. The summed E-state index contributed by atoms with van der Waals surface area (Å²) in [6, 6.07) is 6.83. The van der Waals surface area contributed by atoms with Crippen LogP contribution >= 0.6 is 35.3 Å². The number of nitrogens with zero attached hydrogens (tertiary/aromatic N) is 4. The van der Waals surface area contributed by atoms with Crippen LogP contribution in [-0.4, -0.2) is 69.1 Å². The summed E-state index contributed by atoms with van der Waals surface area (Å²) in [5, 5.41) is 0.457. The number of aromatic nitrogens is 3. The molecule has 0 unspecified atom stereocenters. The van der Waals surface area contributed by atoms with Crippen molar-refractivity contribution in [2.75, 3.05) is 32.1 Å². The number of ether oxygens (including phenoxy) is 2. The second kappa shape index (κ2) is 12.3. The molecule has 0 radical (unpaired) electrons. The van der Waals surface area contributed by atoms with Crippen molar-refractivity contribution >= 4 is 57.5 Å². The lowest BCUT2D eigenvalue weighted by atomic mass is 10.2. The summed E-state index contributed by atoms with van der Waals surface area (Å²) in [7, 11) is 0. The molecule has 1 fully saturated rings. The van der Waals surface area contributed by atoms with Gasteiger partial charge >= 0.3 is 5.97 Å². The largest absolute Gasteiger partial charge is 0.462 e. The molecule has 0 aliphatic carbocycles. The first-order valence-corrected chi connectivity index (χ1v) is 14.5. The zero-order chi connectivity index (χ0) is 26.5. The highest BCUT2D eigenvalue weighted by molar-refractivity contribution is 7.99. The molecule has 0 N–H and O–H groups in total. The first-order chi connectivity index (χ1) is 17.9. The zero-order valence-corrected chi connectivity index (χ0v) is 23.5. The number of rotatable bonds is 10. The maximum absolute atomic E-state index is 13.7. The van der Waals surface area contributed by atoms with Crippen molar-refractivity contribution in [1.82, 2.24) is 19.0 Å². The van der Waals surface area contributed by atoms with Crippen LogP contribution < -0.4 is 5.56 Å². The van der Waals surface area contributed by atoms with E-state index in [9.17, 15) is 14.4 Å². The molecule has 12 heteroatoms. The highest BCUT2D eigenvalue weighted by atomic mass is 32.2. The summed E-state index contributed by atoms with van der Waals surface area (Å²) in [5.41, 5.74) is 1.35. The first-order valence-electron chi connectivity index (χ1n) is 12.3. The van der Waals surface area contributed by atoms with Gasteiger partial charge in [-0.15, -0.1) is 0 Å². The molecule has 1 saturated heterocycles. The summed E-state index contributed by atoms with van der Waals surface area (Å²) < 4.78 is 15.1. The number of carbonyl (C=O) groups is 2. The Morgan fingerprint density at radius 3 is 2.59 bits per heavy atom. The third-order valence-electron chi connectivity index (χ3n) is 6.15. The highest BCUT2D eigenvalue weighted by Gasteiger charge is 2.23. The summed E-state index contributed by atoms with van der Waals surface area (Å²) in [6.45, 7) is 8.23. The third kappa shape index (κ3) is 5.97. The van der Waals surface area contributed by atoms with Gasteiger partial charge in [0.05, 0.1) is 30.6 Å². The number of thioether (sulfide) groups is 1. The molecular weight excluding hydrogens is 532 g/mol. The van der Waals surface area contributed by atoms with E-state index in [0.717, 1.165) is 12.8 Å². The van der Waals surface area contributed by atoms with Gasteiger partial charge in [-0.1, -0.05) is 23.1 Å². The molecule has 37 heavy (non-hydrogen) atoms. The van der Waals surface area contributed by atoms with Crippen LogP contribution in [0.4, 0.5) is 0 Å². The number of benzene rings is 1. The molecule has 3 heterocycles. The van der Waals surface area contributed by atoms with Gasteiger partial charge in [0.15, 0.2) is 14.8 Å². The molecule has 1 aromatic carbocycles. The molecule has 1 atom stereocenters. The molecule has 1 amide bonds. The van der Waals surface area contributed by atoms with Crippen LogP contribution in [0.2, 0.25) is 0 Å². The van der Waals surface area contributed by atoms with E-state index in [4.69, 9.17) is 26.7 Å². The van der Waals surface area contributed by atoms with Gasteiger partial charge in [-0.2, -0.15) is 0 Å². The van der Waals surface area contributed by atoms with Crippen molar-refractivity contribution in [3.8, 4) is 5.69 Å². The normalized spacial score (nSPS) is 15.3. The van der Waals surface area contributed by atoms with Crippen molar-refractivity contribution < 1.29 is 19.1 Å². The Balaban J connectivity index is 1.77. The van der Waals surface area contributed by atoms with E-state index in [1.807, 2.05) is 13.8 Å². The van der Waals surface area contributed by atoms with Crippen molar-refractivity contribution in [3.63, 3.8) is 0 Å². The van der Waals surface area contributed by atoms with E-state index in [0.29, 0.717) is 63.6 Å². The fraction of sp³-hybridized carbons (Fsp3) is 0.480. The molecule has 2 aromatic heterocycles. The fourth-order valence-electron chi connectivity index (χ4n) is 4.21. The van der Waals surface area contributed by atoms with Crippen LogP contribution in [0.5, 0.6) is 0 Å². The topological polar surface area (TPSA) is 95.7 Å². The maximum Gasteiger partial charge on any atom is 0.338 e. The standard InChI is InChI=1S/C25H30N4O5S3/c1-4-27(5-2)19(30)15-36-24-26-21-20(22(31)28(24)14-18-8-7-13-34-18)37-25(35)29(21)17-11-9-16(10-12-17)23(32)33-6-3/h9-12,18H,4-8,13-15H2,1-3H3/t18-/m1/s1. The van der Waals surface area contributed by atoms with Crippen molar-refractivity contribution in [1.29, 1.82) is 0 Å². The Morgan fingerprint density at radius 1 is 1.24 bits per heavy atom. The lowest BCUT2D eigenvalue weighted by Crippen LogP contribution is -2.33. The number of hydrogen-bond acceptors (Lipinski definition) is 9. The van der Waals surface area contributed by atoms with Gasteiger partial charge in [0, 0.05) is 25.4 Å². The minimum Gasteiger partial charge on any atom is -0.462 e. The average molecular weight is 563 g/mol. The average Bonchev–Trinajstić information content (AvgIpc) is 3.53. The Morgan fingerprint density at radius 2 is 1.97 bits per heavy atom. The highest BCUT2D eigenvalue weighted by Crippen LogP contribution is 2.27. The minimum absolute atomic E-state index is 0.00952. The van der Waals surface area contributed by atoms with E-state index in [1.165, 1.54) is 23.1 Å². The molecule has 3 aromatic rings. The molecule has 1 aliphatic rings. The predicted molar refractivity (Wildman–Crippen MR) is 148 cm³/mol. The van der Waals surface area contributed by atoms with E-state index in [1.54, 1.807) is 45.2 Å². The Labute approximate surface area is 228 Å². The van der Waals surface area contributed by atoms with Gasteiger partial charge in [-0.3, -0.25) is 18.7 Å². The number of thiazole rings is 1. The van der Waals surface area contributed by atoms with Gasteiger partial charge in [0.25, 0.3) is 5.56 Å². The van der Waals surface area contributed by atoms with E-state index in [-0.39, 0.29) is 23.3 Å². The molecule has 198 valence electrons. The monoisotopic (exact) mass is 562 g/mol. The number of esters is 1. The predicted octanol–water partition coefficient (Wildman–Crippen LogP) is 4.29. The second-order valence-corrected chi connectivity index (χ2v) is 11.0. The maximum atomic E-state index is 13.7. The molecule has 1 aliphatic heterocycles. The van der Waals surface area contributed by atoms with E-state index < -0.39 is 5.97 Å². The second-order valence-electron chi connectivity index (χ2n) is 8.42. The molecule has 0 bridgehead atoms. The first kappa shape index (κ1) is 27.5. The number of amides is 1. The Kier molecular flexibility index (Phi) is 9.17. The summed E-state index contributed by atoms with van der Waals surface area (Å²) in [6.07, 6.45) is 1.76. The van der Waals surface area contributed by atoms with Crippen molar-refractivity contribution in [2.24, 2.45) is 0 Å². The van der Waals surface area contributed by atoms with Crippen LogP contribution in [-0.2, 0) is 20.8 Å². The van der Waals surface area contributed by atoms with E-state index in [2.05, 4.69) is 0 Å². The minimum atomic E-state index is -0.403. The van der Waals surface area contributed by atoms with Gasteiger partial charge in [-0.05, 0) is 70.1 Å². The van der Waals surface area contributed by atoms with Crippen molar-refractivity contribution in [2.45, 2.75) is 51.4 Å². The summed E-state index contributed by atoms with van der Waals surface area (Å²) in [5.74, 6) is -0.242. The number of fused-ring (bicyclic) bond motifs is 1. The fourth-order valence-corrected chi connectivity index (χ4v) is 6.44. The molecule has 0 spiro atoms. The quantitative estimate of drug-likeness (QED) is 0.156. The van der Waals surface area contributed by atoms with Gasteiger partial charge < -0.3 is 14.4 Å². The van der Waals surface area contributed by atoms with Crippen LogP contribution in [0.15, 0.2) is 34.2 Å². The third-order valence-corrected chi connectivity index (χ3v) is 8.46. The Bertz CT molecular complexity index is 1390. The Hall–Kier alpha value is -2.54. The SMILES string of the molecule is CCOC(=O)c1ccc(-n2c(=S)sc3c(=O)n(C[C@H]4CCCO4)c(SCC(=O)N(CC)CC)nc32)cc1. The van der Waals surface area contributed by atoms with Crippen LogP contribution in [0, 0.1) is 3.95 Å². The van der Waals surface area contributed by atoms with E-state index >= 15 is 0 Å². The lowest BCUT2D eigenvalue weighted by molar-refractivity contribution is -0.127. The van der Waals surface area contributed by atoms with Crippen LogP contribution in [0.25, 0.3) is 16.0 Å². The smallest absolute Gasteiger partial charge is 0.338 e. The number of hydrogen-bond donors (Lipinski definition) is 0. The molecule has 9 nitrogen and oxygen atoms in total. The lowest BCUT2D eigenvalue weighted by Gasteiger charge is -2.19. The number of carbonyl (C=O) groups excluding carboxylic acids is 2.